The van der Waals surface area contributed by atoms with Gasteiger partial charge in [-0.2, -0.15) is 4.98 Å². The van der Waals surface area contributed by atoms with Crippen LogP contribution in [0.25, 0.3) is 11.3 Å². The van der Waals surface area contributed by atoms with Gasteiger partial charge >= 0.3 is 0 Å². The summed E-state index contributed by atoms with van der Waals surface area (Å²) in [6, 6.07) is 16.8. The first-order valence-corrected chi connectivity index (χ1v) is 8.79. The Bertz CT molecular complexity index is 880. The third-order valence-corrected chi connectivity index (χ3v) is 4.23. The van der Waals surface area contributed by atoms with Crippen LogP contribution in [0.3, 0.4) is 0 Å². The number of rotatable bonds is 6. The largest absolute Gasteiger partial charge is 0.352 e. The molecular formula is C21H23FN4. The Kier molecular flexibility index (Phi) is 5.46. The van der Waals surface area contributed by atoms with E-state index in [1.54, 1.807) is 6.07 Å². The fourth-order valence-corrected chi connectivity index (χ4v) is 2.56. The standard InChI is InChI=1S/C21H23FN4/c1-4-15(3)23-21-25-19(16-8-6-5-7-9-16)13-20(26-21)24-18-11-10-17(22)12-14(18)2/h5-13,15H,4H2,1-3H3,(H2,23,24,25,26)/t15-/m1/s1. The average Bonchev–Trinajstić information content (AvgIpc) is 2.64. The fraction of sp³-hybridized carbons (Fsp3) is 0.238. The van der Waals surface area contributed by atoms with Crippen LogP contribution in [0.15, 0.2) is 54.6 Å². The summed E-state index contributed by atoms with van der Waals surface area (Å²) < 4.78 is 13.4. The highest BCUT2D eigenvalue weighted by Gasteiger charge is 2.10. The van der Waals surface area contributed by atoms with Crippen molar-refractivity contribution >= 4 is 17.5 Å². The van der Waals surface area contributed by atoms with Crippen molar-refractivity contribution in [3.8, 4) is 11.3 Å². The summed E-state index contributed by atoms with van der Waals surface area (Å²) in [5.74, 6) is 0.988. The van der Waals surface area contributed by atoms with Gasteiger partial charge in [0.25, 0.3) is 0 Å². The summed E-state index contributed by atoms with van der Waals surface area (Å²) in [6.07, 6.45) is 0.971. The Morgan fingerprint density at radius 2 is 1.81 bits per heavy atom. The predicted octanol–water partition coefficient (Wildman–Crippen LogP) is 5.55. The number of halogens is 1. The Hall–Kier alpha value is -2.95. The lowest BCUT2D eigenvalue weighted by Crippen LogP contribution is -2.16. The van der Waals surface area contributed by atoms with E-state index in [0.29, 0.717) is 11.8 Å². The molecular weight excluding hydrogens is 327 g/mol. The normalized spacial score (nSPS) is 11.8. The SMILES string of the molecule is CC[C@@H](C)Nc1nc(Nc2ccc(F)cc2C)cc(-c2ccccc2)n1. The molecule has 0 aliphatic carbocycles. The van der Waals surface area contributed by atoms with E-state index in [1.165, 1.54) is 12.1 Å². The van der Waals surface area contributed by atoms with Crippen molar-refractivity contribution in [3.05, 3.63) is 66.0 Å². The van der Waals surface area contributed by atoms with Crippen LogP contribution in [0.1, 0.15) is 25.8 Å². The molecule has 5 heteroatoms. The Balaban J connectivity index is 1.98. The molecule has 1 atom stereocenters. The molecule has 4 nitrogen and oxygen atoms in total. The monoisotopic (exact) mass is 350 g/mol. The first-order valence-electron chi connectivity index (χ1n) is 8.79. The average molecular weight is 350 g/mol. The van der Waals surface area contributed by atoms with Gasteiger partial charge in [0.1, 0.15) is 11.6 Å². The van der Waals surface area contributed by atoms with Gasteiger partial charge in [-0.3, -0.25) is 0 Å². The molecule has 0 aliphatic rings. The van der Waals surface area contributed by atoms with Gasteiger partial charge in [-0.25, -0.2) is 9.37 Å². The minimum atomic E-state index is -0.250. The molecule has 1 aromatic heterocycles. The van der Waals surface area contributed by atoms with Gasteiger partial charge in [-0.1, -0.05) is 37.3 Å². The molecule has 0 fully saturated rings. The van der Waals surface area contributed by atoms with E-state index in [4.69, 9.17) is 0 Å². The van der Waals surface area contributed by atoms with Crippen molar-refractivity contribution < 1.29 is 4.39 Å². The highest BCUT2D eigenvalue weighted by molar-refractivity contribution is 5.68. The maximum Gasteiger partial charge on any atom is 0.225 e. The molecule has 3 rings (SSSR count). The second-order valence-electron chi connectivity index (χ2n) is 6.37. The number of anilines is 3. The molecule has 0 saturated heterocycles. The van der Waals surface area contributed by atoms with E-state index in [0.717, 1.165) is 28.9 Å². The molecule has 134 valence electrons. The zero-order valence-corrected chi connectivity index (χ0v) is 15.3. The first kappa shape index (κ1) is 17.9. The van der Waals surface area contributed by atoms with E-state index in [1.807, 2.05) is 43.3 Å². The molecule has 2 N–H and O–H groups in total. The third-order valence-electron chi connectivity index (χ3n) is 4.23. The summed E-state index contributed by atoms with van der Waals surface area (Å²) in [4.78, 5) is 9.23. The van der Waals surface area contributed by atoms with E-state index < -0.39 is 0 Å². The van der Waals surface area contributed by atoms with Crippen LogP contribution in [0.4, 0.5) is 21.8 Å². The number of benzene rings is 2. The van der Waals surface area contributed by atoms with Gasteiger partial charge in [-0.05, 0) is 44.0 Å². The highest BCUT2D eigenvalue weighted by atomic mass is 19.1. The lowest BCUT2D eigenvalue weighted by Gasteiger charge is -2.15. The lowest BCUT2D eigenvalue weighted by molar-refractivity contribution is 0.627. The Morgan fingerprint density at radius 1 is 1.04 bits per heavy atom. The summed E-state index contributed by atoms with van der Waals surface area (Å²) >= 11 is 0. The number of nitrogens with zero attached hydrogens (tertiary/aromatic N) is 2. The van der Waals surface area contributed by atoms with Gasteiger partial charge in [0.05, 0.1) is 5.69 Å². The van der Waals surface area contributed by atoms with E-state index in [9.17, 15) is 4.39 Å². The summed E-state index contributed by atoms with van der Waals surface area (Å²) in [5, 5.41) is 6.61. The number of aryl methyl sites for hydroxylation is 1. The molecule has 0 bridgehead atoms. The van der Waals surface area contributed by atoms with E-state index >= 15 is 0 Å². The van der Waals surface area contributed by atoms with Gasteiger partial charge in [0.15, 0.2) is 0 Å². The van der Waals surface area contributed by atoms with Crippen LogP contribution in [0.2, 0.25) is 0 Å². The molecule has 1 heterocycles. The maximum atomic E-state index is 13.4. The zero-order chi connectivity index (χ0) is 18.5. The number of nitrogens with one attached hydrogen (secondary N) is 2. The summed E-state index contributed by atoms with van der Waals surface area (Å²) in [7, 11) is 0. The van der Waals surface area contributed by atoms with Gasteiger partial charge in [0.2, 0.25) is 5.95 Å². The molecule has 0 spiro atoms. The van der Waals surface area contributed by atoms with Crippen LogP contribution >= 0.6 is 0 Å². The van der Waals surface area contributed by atoms with Crippen molar-refractivity contribution in [3.63, 3.8) is 0 Å². The third kappa shape index (κ3) is 4.36. The van der Waals surface area contributed by atoms with Crippen molar-refractivity contribution in [1.29, 1.82) is 0 Å². The molecule has 26 heavy (non-hydrogen) atoms. The quantitative estimate of drug-likeness (QED) is 0.612. The first-order chi connectivity index (χ1) is 12.5. The molecule has 0 radical (unpaired) electrons. The second-order valence-corrected chi connectivity index (χ2v) is 6.37. The number of aromatic nitrogens is 2. The van der Waals surface area contributed by atoms with Crippen molar-refractivity contribution in [2.24, 2.45) is 0 Å². The minimum Gasteiger partial charge on any atom is -0.352 e. The van der Waals surface area contributed by atoms with Crippen LogP contribution in [-0.2, 0) is 0 Å². The van der Waals surface area contributed by atoms with Crippen molar-refractivity contribution in [2.45, 2.75) is 33.2 Å². The summed E-state index contributed by atoms with van der Waals surface area (Å²) in [6.45, 7) is 6.07. The van der Waals surface area contributed by atoms with Crippen molar-refractivity contribution in [1.82, 2.24) is 9.97 Å². The predicted molar refractivity (Wildman–Crippen MR) is 105 cm³/mol. The number of hydrogen-bond donors (Lipinski definition) is 2. The molecule has 2 aromatic carbocycles. The molecule has 0 unspecified atom stereocenters. The second kappa shape index (κ2) is 7.95. The van der Waals surface area contributed by atoms with Gasteiger partial charge in [0, 0.05) is 23.4 Å². The van der Waals surface area contributed by atoms with Crippen LogP contribution in [-0.4, -0.2) is 16.0 Å². The van der Waals surface area contributed by atoms with E-state index in [-0.39, 0.29) is 11.9 Å². The molecule has 0 amide bonds. The Labute approximate surface area is 153 Å². The van der Waals surface area contributed by atoms with Crippen LogP contribution in [0.5, 0.6) is 0 Å². The molecule has 3 aromatic rings. The van der Waals surface area contributed by atoms with Crippen LogP contribution in [0, 0.1) is 12.7 Å². The maximum absolute atomic E-state index is 13.4. The van der Waals surface area contributed by atoms with Crippen molar-refractivity contribution in [2.75, 3.05) is 10.6 Å². The van der Waals surface area contributed by atoms with Gasteiger partial charge in [-0.15, -0.1) is 0 Å². The smallest absolute Gasteiger partial charge is 0.225 e. The number of hydrogen-bond acceptors (Lipinski definition) is 4. The van der Waals surface area contributed by atoms with Crippen LogP contribution < -0.4 is 10.6 Å². The fourth-order valence-electron chi connectivity index (χ4n) is 2.56. The lowest BCUT2D eigenvalue weighted by atomic mass is 10.1. The highest BCUT2D eigenvalue weighted by Crippen LogP contribution is 2.25. The zero-order valence-electron chi connectivity index (χ0n) is 15.3. The van der Waals surface area contributed by atoms with E-state index in [2.05, 4.69) is 34.4 Å². The molecule has 0 aliphatic heterocycles. The topological polar surface area (TPSA) is 49.8 Å². The summed E-state index contributed by atoms with van der Waals surface area (Å²) in [5.41, 5.74) is 3.48. The van der Waals surface area contributed by atoms with Gasteiger partial charge < -0.3 is 10.6 Å². The minimum absolute atomic E-state index is 0.250. The Morgan fingerprint density at radius 3 is 2.50 bits per heavy atom. The molecule has 0 saturated carbocycles.